The van der Waals surface area contributed by atoms with Gasteiger partial charge in [0.1, 0.15) is 0 Å². The van der Waals surface area contributed by atoms with Crippen LogP contribution in [0.4, 0.5) is 0 Å². The Labute approximate surface area is 197 Å². The zero-order chi connectivity index (χ0) is 22.5. The SMILES string of the molecule is O=C(CCCN1CCN(Cc2cccc3ccccc23)CC1)c1ccc2c(c1)CCNCC2. The first kappa shape index (κ1) is 22.3. The van der Waals surface area contributed by atoms with E-state index in [0.717, 1.165) is 77.2 Å². The molecule has 0 saturated carbocycles. The van der Waals surface area contributed by atoms with E-state index in [4.69, 9.17) is 0 Å². The Morgan fingerprint density at radius 2 is 1.58 bits per heavy atom. The quantitative estimate of drug-likeness (QED) is 0.554. The van der Waals surface area contributed by atoms with Crippen LogP contribution in [0.1, 0.15) is 39.9 Å². The minimum Gasteiger partial charge on any atom is -0.316 e. The molecule has 2 aliphatic heterocycles. The average Bonchev–Trinajstić information content (AvgIpc) is 3.10. The van der Waals surface area contributed by atoms with Crippen LogP contribution < -0.4 is 5.32 Å². The summed E-state index contributed by atoms with van der Waals surface area (Å²) >= 11 is 0. The lowest BCUT2D eigenvalue weighted by Gasteiger charge is -2.34. The average molecular weight is 442 g/mol. The Kier molecular flexibility index (Phi) is 7.15. The molecule has 0 atom stereocenters. The molecule has 0 aromatic heterocycles. The summed E-state index contributed by atoms with van der Waals surface area (Å²) in [7, 11) is 0. The molecule has 2 heterocycles. The van der Waals surface area contributed by atoms with E-state index in [1.165, 1.54) is 27.5 Å². The van der Waals surface area contributed by atoms with Crippen molar-refractivity contribution >= 4 is 16.6 Å². The first-order valence-corrected chi connectivity index (χ1v) is 12.5. The lowest BCUT2D eigenvalue weighted by atomic mass is 9.97. The fourth-order valence-corrected chi connectivity index (χ4v) is 5.30. The van der Waals surface area contributed by atoms with Crippen molar-refractivity contribution in [1.29, 1.82) is 0 Å². The predicted octanol–water partition coefficient (Wildman–Crippen LogP) is 4.31. The van der Waals surface area contributed by atoms with Crippen LogP contribution in [0.25, 0.3) is 10.8 Å². The number of Topliss-reactive ketones (excluding diaryl/α,β-unsaturated/α-hetero) is 1. The first-order valence-electron chi connectivity index (χ1n) is 12.5. The molecule has 33 heavy (non-hydrogen) atoms. The number of hydrogen-bond acceptors (Lipinski definition) is 4. The van der Waals surface area contributed by atoms with E-state index >= 15 is 0 Å². The van der Waals surface area contributed by atoms with Crippen molar-refractivity contribution in [3.8, 4) is 0 Å². The smallest absolute Gasteiger partial charge is 0.162 e. The third-order valence-corrected chi connectivity index (χ3v) is 7.29. The predicted molar refractivity (Wildman–Crippen MR) is 136 cm³/mol. The van der Waals surface area contributed by atoms with Gasteiger partial charge in [-0.3, -0.25) is 9.69 Å². The van der Waals surface area contributed by atoms with Crippen LogP contribution in [-0.2, 0) is 19.4 Å². The maximum atomic E-state index is 12.8. The molecule has 0 radical (unpaired) electrons. The molecule has 1 saturated heterocycles. The van der Waals surface area contributed by atoms with Gasteiger partial charge < -0.3 is 10.2 Å². The van der Waals surface area contributed by atoms with Gasteiger partial charge in [-0.2, -0.15) is 0 Å². The standard InChI is InChI=1S/C29H35N3O/c33-29(26-11-10-23-12-14-30-15-13-25(23)21-26)9-4-16-31-17-19-32(20-18-31)22-27-7-3-6-24-5-1-2-8-28(24)27/h1-3,5-8,10-11,21,30H,4,9,12-20,22H2. The second-order valence-electron chi connectivity index (χ2n) is 9.52. The third kappa shape index (κ3) is 5.52. The molecule has 1 N–H and O–H groups in total. The zero-order valence-corrected chi connectivity index (χ0v) is 19.6. The monoisotopic (exact) mass is 441 g/mol. The normalized spacial score (nSPS) is 17.6. The van der Waals surface area contributed by atoms with Crippen molar-refractivity contribution in [1.82, 2.24) is 15.1 Å². The van der Waals surface area contributed by atoms with Crippen molar-refractivity contribution in [2.24, 2.45) is 0 Å². The van der Waals surface area contributed by atoms with Gasteiger partial charge in [0.15, 0.2) is 5.78 Å². The number of rotatable bonds is 7. The molecular weight excluding hydrogens is 406 g/mol. The number of hydrogen-bond donors (Lipinski definition) is 1. The van der Waals surface area contributed by atoms with E-state index in [9.17, 15) is 4.79 Å². The van der Waals surface area contributed by atoms with Gasteiger partial charge in [-0.15, -0.1) is 0 Å². The number of piperazine rings is 1. The summed E-state index contributed by atoms with van der Waals surface area (Å²) in [6.45, 7) is 8.44. The Hall–Kier alpha value is -2.53. The van der Waals surface area contributed by atoms with Gasteiger partial charge >= 0.3 is 0 Å². The molecule has 4 heteroatoms. The Morgan fingerprint density at radius 1 is 0.818 bits per heavy atom. The fourth-order valence-electron chi connectivity index (χ4n) is 5.30. The van der Waals surface area contributed by atoms with E-state index in [1.807, 2.05) is 6.07 Å². The van der Waals surface area contributed by atoms with E-state index in [2.05, 4.69) is 69.7 Å². The first-order chi connectivity index (χ1) is 16.3. The minimum atomic E-state index is 0.296. The van der Waals surface area contributed by atoms with E-state index in [-0.39, 0.29) is 0 Å². The van der Waals surface area contributed by atoms with Crippen LogP contribution in [0.2, 0.25) is 0 Å². The number of carbonyl (C=O) groups excluding carboxylic acids is 1. The highest BCUT2D eigenvalue weighted by atomic mass is 16.1. The molecular formula is C29H35N3O. The van der Waals surface area contributed by atoms with Crippen molar-refractivity contribution in [2.45, 2.75) is 32.2 Å². The Balaban J connectivity index is 1.07. The lowest BCUT2D eigenvalue weighted by molar-refractivity contribution is 0.0959. The number of nitrogens with zero attached hydrogens (tertiary/aromatic N) is 2. The summed E-state index contributed by atoms with van der Waals surface area (Å²) in [5.74, 6) is 0.296. The van der Waals surface area contributed by atoms with Gasteiger partial charge in [0, 0.05) is 44.7 Å². The molecule has 0 bridgehead atoms. The molecule has 0 amide bonds. The summed E-state index contributed by atoms with van der Waals surface area (Å²) < 4.78 is 0. The number of benzene rings is 3. The molecule has 172 valence electrons. The van der Waals surface area contributed by atoms with E-state index < -0.39 is 0 Å². The molecule has 2 aliphatic rings. The van der Waals surface area contributed by atoms with Gasteiger partial charge in [0.25, 0.3) is 0 Å². The molecule has 0 aliphatic carbocycles. The zero-order valence-electron chi connectivity index (χ0n) is 19.6. The van der Waals surface area contributed by atoms with Crippen molar-refractivity contribution in [2.75, 3.05) is 45.8 Å². The molecule has 1 fully saturated rings. The van der Waals surface area contributed by atoms with Gasteiger partial charge in [-0.1, -0.05) is 54.6 Å². The summed E-state index contributed by atoms with van der Waals surface area (Å²) in [5.41, 5.74) is 5.07. The number of carbonyl (C=O) groups is 1. The van der Waals surface area contributed by atoms with Gasteiger partial charge in [0.2, 0.25) is 0 Å². The highest BCUT2D eigenvalue weighted by Crippen LogP contribution is 2.21. The number of ketones is 1. The van der Waals surface area contributed by atoms with E-state index in [1.54, 1.807) is 0 Å². The Bertz CT molecular complexity index is 1100. The summed E-state index contributed by atoms with van der Waals surface area (Å²) in [6, 6.07) is 21.7. The molecule has 3 aromatic carbocycles. The van der Waals surface area contributed by atoms with Crippen LogP contribution in [0, 0.1) is 0 Å². The molecule has 0 unspecified atom stereocenters. The van der Waals surface area contributed by atoms with E-state index in [0.29, 0.717) is 12.2 Å². The third-order valence-electron chi connectivity index (χ3n) is 7.29. The van der Waals surface area contributed by atoms with Crippen LogP contribution in [0.15, 0.2) is 60.7 Å². The molecule has 5 rings (SSSR count). The van der Waals surface area contributed by atoms with Crippen molar-refractivity contribution in [3.05, 3.63) is 82.9 Å². The molecule has 0 spiro atoms. The number of nitrogens with one attached hydrogen (secondary N) is 1. The minimum absolute atomic E-state index is 0.296. The second kappa shape index (κ2) is 10.6. The Morgan fingerprint density at radius 3 is 2.45 bits per heavy atom. The maximum absolute atomic E-state index is 12.8. The van der Waals surface area contributed by atoms with Crippen LogP contribution in [0.5, 0.6) is 0 Å². The maximum Gasteiger partial charge on any atom is 0.162 e. The lowest BCUT2D eigenvalue weighted by Crippen LogP contribution is -2.46. The van der Waals surface area contributed by atoms with Gasteiger partial charge in [0.05, 0.1) is 0 Å². The summed E-state index contributed by atoms with van der Waals surface area (Å²) in [6.07, 6.45) is 3.68. The van der Waals surface area contributed by atoms with Crippen LogP contribution >= 0.6 is 0 Å². The summed E-state index contributed by atoms with van der Waals surface area (Å²) in [4.78, 5) is 17.9. The van der Waals surface area contributed by atoms with Gasteiger partial charge in [-0.25, -0.2) is 0 Å². The summed E-state index contributed by atoms with van der Waals surface area (Å²) in [5, 5.41) is 6.14. The molecule has 3 aromatic rings. The highest BCUT2D eigenvalue weighted by molar-refractivity contribution is 5.96. The highest BCUT2D eigenvalue weighted by Gasteiger charge is 2.18. The largest absolute Gasteiger partial charge is 0.316 e. The number of fused-ring (bicyclic) bond motifs is 2. The van der Waals surface area contributed by atoms with Gasteiger partial charge in [-0.05, 0) is 72.4 Å². The fraction of sp³-hybridized carbons (Fsp3) is 0.414. The molecule has 4 nitrogen and oxygen atoms in total. The van der Waals surface area contributed by atoms with Crippen molar-refractivity contribution in [3.63, 3.8) is 0 Å². The van der Waals surface area contributed by atoms with Crippen LogP contribution in [-0.4, -0.2) is 61.4 Å². The topological polar surface area (TPSA) is 35.6 Å². The van der Waals surface area contributed by atoms with Crippen LogP contribution in [0.3, 0.4) is 0 Å². The van der Waals surface area contributed by atoms with Crippen molar-refractivity contribution < 1.29 is 4.79 Å². The second-order valence-corrected chi connectivity index (χ2v) is 9.52.